The average molecular weight is 206 g/mol. The summed E-state index contributed by atoms with van der Waals surface area (Å²) >= 11 is 3.03. The van der Waals surface area contributed by atoms with Crippen LogP contribution in [0.15, 0.2) is 0 Å². The lowest BCUT2D eigenvalue weighted by molar-refractivity contribution is 0.126. The van der Waals surface area contributed by atoms with Crippen molar-refractivity contribution in [3.05, 3.63) is 0 Å². The zero-order valence-corrected chi connectivity index (χ0v) is 7.19. The molecule has 1 aliphatic heterocycles. The van der Waals surface area contributed by atoms with Gasteiger partial charge in [0, 0.05) is 41.5 Å². The summed E-state index contributed by atoms with van der Waals surface area (Å²) in [5, 5.41) is 0. The summed E-state index contributed by atoms with van der Waals surface area (Å²) in [7, 11) is 0. The van der Waals surface area contributed by atoms with E-state index in [2.05, 4.69) is 31.6 Å². The van der Waals surface area contributed by atoms with Gasteiger partial charge in [-0.2, -0.15) is 0 Å². The van der Waals surface area contributed by atoms with Gasteiger partial charge in [0.25, 0.3) is 0 Å². The van der Waals surface area contributed by atoms with Crippen LogP contribution in [0.25, 0.3) is 0 Å². The first-order valence-corrected chi connectivity index (χ1v) is 4.05. The van der Waals surface area contributed by atoms with Crippen molar-refractivity contribution in [2.75, 3.05) is 26.3 Å². The highest BCUT2D eigenvalue weighted by Gasteiger charge is 2.23. The van der Waals surface area contributed by atoms with Gasteiger partial charge >= 0.3 is 0 Å². The van der Waals surface area contributed by atoms with Gasteiger partial charge in [-0.15, -0.1) is 0 Å². The molecule has 1 heterocycles. The van der Waals surface area contributed by atoms with E-state index < -0.39 is 0 Å². The van der Waals surface area contributed by atoms with E-state index >= 15 is 0 Å². The molecule has 0 aromatic rings. The predicted molar refractivity (Wildman–Crippen MR) is 42.6 cm³/mol. The number of halogens is 2. The molecule has 0 amide bonds. The molecule has 0 radical (unpaired) electrons. The van der Waals surface area contributed by atoms with Gasteiger partial charge in [0.1, 0.15) is 6.67 Å². The molecule has 0 bridgehead atoms. The molecule has 3 heteroatoms. The van der Waals surface area contributed by atoms with Crippen LogP contribution in [0.1, 0.15) is 0 Å². The van der Waals surface area contributed by atoms with Gasteiger partial charge in [-0.05, 0) is 4.83 Å². The normalized spacial score (nSPS) is 19.4. The Morgan fingerprint density at radius 2 is 2.30 bits per heavy atom. The van der Waals surface area contributed by atoms with Crippen LogP contribution in [0.3, 0.4) is 0 Å². The van der Waals surface area contributed by atoms with Crippen molar-refractivity contribution >= 4 is 15.9 Å². The number of hydrogen-bond acceptors (Lipinski definition) is 1. The second-order valence-electron chi connectivity index (χ2n) is 2.38. The van der Waals surface area contributed by atoms with E-state index in [1.54, 1.807) is 0 Å². The summed E-state index contributed by atoms with van der Waals surface area (Å²) in [6.45, 7) is 2.19. The third kappa shape index (κ3) is 1.96. The predicted octanol–water partition coefficient (Wildman–Crippen LogP) is 1.24. The molecule has 1 saturated heterocycles. The SMILES string of the molecule is FCCN1CC(C#CBr)C1. The molecule has 10 heavy (non-hydrogen) atoms. The number of nitrogens with zero attached hydrogens (tertiary/aromatic N) is 1. The Hall–Kier alpha value is -0.0700. The van der Waals surface area contributed by atoms with E-state index in [-0.39, 0.29) is 6.67 Å². The topological polar surface area (TPSA) is 3.24 Å². The Morgan fingerprint density at radius 3 is 2.80 bits per heavy atom. The first-order chi connectivity index (χ1) is 4.86. The number of hydrogen-bond donors (Lipinski definition) is 0. The van der Waals surface area contributed by atoms with Crippen molar-refractivity contribution in [2.24, 2.45) is 5.92 Å². The summed E-state index contributed by atoms with van der Waals surface area (Å²) in [5.41, 5.74) is 0. The summed E-state index contributed by atoms with van der Waals surface area (Å²) in [4.78, 5) is 4.73. The molecule has 0 aromatic heterocycles. The average Bonchev–Trinajstić information content (AvgIpc) is 1.84. The molecular formula is C7H9BrFN. The van der Waals surface area contributed by atoms with E-state index in [1.165, 1.54) is 0 Å². The quantitative estimate of drug-likeness (QED) is 0.614. The van der Waals surface area contributed by atoms with Gasteiger partial charge in [0.2, 0.25) is 0 Å². The number of likely N-dealkylation sites (tertiary alicyclic amines) is 1. The Bertz CT molecular complexity index is 155. The fraction of sp³-hybridized carbons (Fsp3) is 0.714. The molecule has 0 spiro atoms. The molecule has 0 saturated carbocycles. The van der Waals surface area contributed by atoms with E-state index in [1.807, 2.05) is 0 Å². The van der Waals surface area contributed by atoms with Crippen LogP contribution in [-0.4, -0.2) is 31.2 Å². The van der Waals surface area contributed by atoms with Crippen LogP contribution in [0.4, 0.5) is 4.39 Å². The van der Waals surface area contributed by atoms with Gasteiger partial charge < -0.3 is 0 Å². The van der Waals surface area contributed by atoms with Gasteiger partial charge in [-0.25, -0.2) is 4.39 Å². The highest BCUT2D eigenvalue weighted by Crippen LogP contribution is 2.13. The van der Waals surface area contributed by atoms with Gasteiger partial charge in [0.05, 0.1) is 0 Å². The molecule has 1 rings (SSSR count). The maximum Gasteiger partial charge on any atom is 0.102 e. The molecule has 0 aliphatic carbocycles. The lowest BCUT2D eigenvalue weighted by atomic mass is 10.0. The van der Waals surface area contributed by atoms with Crippen LogP contribution < -0.4 is 0 Å². The monoisotopic (exact) mass is 205 g/mol. The zero-order chi connectivity index (χ0) is 7.40. The fourth-order valence-electron chi connectivity index (χ4n) is 1.04. The minimum Gasteiger partial charge on any atom is -0.298 e. The van der Waals surface area contributed by atoms with Crippen molar-refractivity contribution in [3.8, 4) is 10.8 Å². The van der Waals surface area contributed by atoms with Crippen molar-refractivity contribution in [1.29, 1.82) is 0 Å². The smallest absolute Gasteiger partial charge is 0.102 e. The molecule has 1 fully saturated rings. The zero-order valence-electron chi connectivity index (χ0n) is 5.61. The number of alkyl halides is 1. The van der Waals surface area contributed by atoms with Gasteiger partial charge in [-0.1, -0.05) is 5.92 Å². The first-order valence-electron chi connectivity index (χ1n) is 3.26. The Balaban J connectivity index is 2.10. The van der Waals surface area contributed by atoms with E-state index in [0.29, 0.717) is 12.5 Å². The van der Waals surface area contributed by atoms with Crippen LogP contribution in [0.2, 0.25) is 0 Å². The van der Waals surface area contributed by atoms with Gasteiger partial charge in [-0.3, -0.25) is 4.90 Å². The molecule has 0 aromatic carbocycles. The fourth-order valence-corrected chi connectivity index (χ4v) is 1.36. The summed E-state index contributed by atoms with van der Waals surface area (Å²) in [5.74, 6) is 3.44. The highest BCUT2D eigenvalue weighted by molar-refractivity contribution is 9.12. The van der Waals surface area contributed by atoms with Crippen LogP contribution in [0, 0.1) is 16.7 Å². The lowest BCUT2D eigenvalue weighted by Gasteiger charge is -2.35. The van der Waals surface area contributed by atoms with Crippen molar-refractivity contribution in [1.82, 2.24) is 4.90 Å². The molecule has 0 N–H and O–H groups in total. The Labute approximate surface area is 68.7 Å². The van der Waals surface area contributed by atoms with E-state index in [4.69, 9.17) is 0 Å². The summed E-state index contributed by atoms with van der Waals surface area (Å²) in [6.07, 6.45) is 0. The molecule has 1 nitrogen and oxygen atoms in total. The summed E-state index contributed by atoms with van der Waals surface area (Å²) < 4.78 is 11.7. The highest BCUT2D eigenvalue weighted by atomic mass is 79.9. The second-order valence-corrected chi connectivity index (χ2v) is 2.78. The van der Waals surface area contributed by atoms with Crippen molar-refractivity contribution in [3.63, 3.8) is 0 Å². The van der Waals surface area contributed by atoms with Gasteiger partial charge in [0.15, 0.2) is 0 Å². The minimum absolute atomic E-state index is 0.242. The molecule has 1 aliphatic rings. The largest absolute Gasteiger partial charge is 0.298 e. The first kappa shape index (κ1) is 8.03. The molecular weight excluding hydrogens is 197 g/mol. The lowest BCUT2D eigenvalue weighted by Crippen LogP contribution is -2.46. The van der Waals surface area contributed by atoms with Crippen LogP contribution in [0.5, 0.6) is 0 Å². The van der Waals surface area contributed by atoms with E-state index in [9.17, 15) is 4.39 Å². The third-order valence-corrected chi connectivity index (χ3v) is 1.85. The molecule has 0 atom stereocenters. The van der Waals surface area contributed by atoms with E-state index in [0.717, 1.165) is 13.1 Å². The Morgan fingerprint density at radius 1 is 1.60 bits per heavy atom. The van der Waals surface area contributed by atoms with Crippen molar-refractivity contribution in [2.45, 2.75) is 0 Å². The molecule has 56 valence electrons. The van der Waals surface area contributed by atoms with Crippen molar-refractivity contribution < 1.29 is 4.39 Å². The maximum absolute atomic E-state index is 11.7. The second kappa shape index (κ2) is 3.95. The maximum atomic E-state index is 11.7. The summed E-state index contributed by atoms with van der Waals surface area (Å²) in [6, 6.07) is 0. The van der Waals surface area contributed by atoms with Crippen LogP contribution in [-0.2, 0) is 0 Å². The third-order valence-electron chi connectivity index (χ3n) is 1.62. The standard InChI is InChI=1S/C7H9BrFN/c8-2-1-7-5-10(6-7)4-3-9/h7H,3-6H2. The molecule has 0 unspecified atom stereocenters. The van der Waals surface area contributed by atoms with Crippen LogP contribution >= 0.6 is 15.9 Å². The minimum atomic E-state index is -0.242. The Kier molecular flexibility index (Phi) is 3.17. The number of rotatable bonds is 2.